The van der Waals surface area contributed by atoms with Gasteiger partial charge in [0.2, 0.25) is 5.88 Å². The molecule has 0 aliphatic rings. The minimum absolute atomic E-state index is 0.483. The van der Waals surface area contributed by atoms with Crippen LogP contribution in [0.3, 0.4) is 0 Å². The maximum Gasteiger partial charge on any atom is 0.218 e. The number of aliphatic hydroxyl groups excluding tert-OH is 1. The zero-order chi connectivity index (χ0) is 13.0. The smallest absolute Gasteiger partial charge is 0.218 e. The van der Waals surface area contributed by atoms with Crippen molar-refractivity contribution in [3.63, 3.8) is 0 Å². The van der Waals surface area contributed by atoms with Crippen LogP contribution in [0.25, 0.3) is 0 Å². The normalized spacial score (nSPS) is 12.4. The first-order valence-electron chi connectivity index (χ1n) is 5.85. The molecule has 1 N–H and O–H groups in total. The molecule has 96 valence electrons. The minimum Gasteiger partial charge on any atom is -0.481 e. The van der Waals surface area contributed by atoms with E-state index < -0.39 is 6.10 Å². The summed E-state index contributed by atoms with van der Waals surface area (Å²) in [6, 6.07) is 3.63. The van der Waals surface area contributed by atoms with Crippen LogP contribution in [0.2, 0.25) is 0 Å². The summed E-state index contributed by atoms with van der Waals surface area (Å²) in [5.74, 6) is 0.483. The molecule has 0 spiro atoms. The van der Waals surface area contributed by atoms with Crippen molar-refractivity contribution in [2.45, 2.75) is 18.9 Å². The predicted octanol–water partition coefficient (Wildman–Crippen LogP) is 1.49. The van der Waals surface area contributed by atoms with Gasteiger partial charge in [-0.05, 0) is 30.5 Å². The van der Waals surface area contributed by atoms with Gasteiger partial charge in [-0.15, -0.1) is 0 Å². The van der Waals surface area contributed by atoms with Gasteiger partial charge in [0, 0.05) is 25.0 Å². The Morgan fingerprint density at radius 2 is 2.33 bits per heavy atom. The van der Waals surface area contributed by atoms with Gasteiger partial charge in [-0.25, -0.2) is 4.98 Å². The third-order valence-corrected chi connectivity index (χ3v) is 2.82. The number of aliphatic hydroxyl groups is 1. The van der Waals surface area contributed by atoms with E-state index >= 15 is 0 Å². The molecule has 0 saturated heterocycles. The number of pyridine rings is 1. The van der Waals surface area contributed by atoms with Crippen molar-refractivity contribution in [2.24, 2.45) is 7.05 Å². The molecule has 5 nitrogen and oxygen atoms in total. The van der Waals surface area contributed by atoms with Gasteiger partial charge in [-0.2, -0.15) is 5.10 Å². The number of hydrogen-bond donors (Lipinski definition) is 1. The summed E-state index contributed by atoms with van der Waals surface area (Å²) in [4.78, 5) is 4.08. The summed E-state index contributed by atoms with van der Waals surface area (Å²) in [5.41, 5.74) is 1.84. The van der Waals surface area contributed by atoms with Gasteiger partial charge in [-0.1, -0.05) is 0 Å². The van der Waals surface area contributed by atoms with Crippen molar-refractivity contribution < 1.29 is 9.84 Å². The lowest BCUT2D eigenvalue weighted by Gasteiger charge is -2.12. The van der Waals surface area contributed by atoms with Crippen molar-refractivity contribution in [3.05, 3.63) is 41.9 Å². The molecule has 0 aliphatic heterocycles. The second-order valence-corrected chi connectivity index (χ2v) is 4.18. The molecule has 0 radical (unpaired) electrons. The number of ether oxygens (including phenoxy) is 1. The van der Waals surface area contributed by atoms with Crippen LogP contribution in [0.1, 0.15) is 23.7 Å². The highest BCUT2D eigenvalue weighted by Gasteiger charge is 2.14. The van der Waals surface area contributed by atoms with Crippen molar-refractivity contribution in [2.75, 3.05) is 7.11 Å². The molecule has 0 amide bonds. The molecule has 2 rings (SSSR count). The first-order chi connectivity index (χ1) is 8.70. The average Bonchev–Trinajstić information content (AvgIpc) is 2.81. The largest absolute Gasteiger partial charge is 0.481 e. The quantitative estimate of drug-likeness (QED) is 0.869. The third kappa shape index (κ3) is 2.87. The molecule has 1 atom stereocenters. The van der Waals surface area contributed by atoms with Crippen LogP contribution in [-0.2, 0) is 13.5 Å². The number of methoxy groups -OCH3 is 1. The van der Waals surface area contributed by atoms with Crippen LogP contribution in [0.15, 0.2) is 30.7 Å². The Hall–Kier alpha value is -1.88. The van der Waals surface area contributed by atoms with Gasteiger partial charge in [0.05, 0.1) is 19.4 Å². The molecule has 18 heavy (non-hydrogen) atoms. The van der Waals surface area contributed by atoms with Crippen molar-refractivity contribution in [3.8, 4) is 5.88 Å². The molecule has 2 aromatic heterocycles. The highest BCUT2D eigenvalue weighted by Crippen LogP contribution is 2.25. The van der Waals surface area contributed by atoms with Gasteiger partial charge in [0.1, 0.15) is 0 Å². The van der Waals surface area contributed by atoms with E-state index in [4.69, 9.17) is 4.74 Å². The highest BCUT2D eigenvalue weighted by atomic mass is 16.5. The van der Waals surface area contributed by atoms with E-state index in [0.717, 1.165) is 17.5 Å². The summed E-state index contributed by atoms with van der Waals surface area (Å²) in [6.07, 6.45) is 6.23. The van der Waals surface area contributed by atoms with Crippen molar-refractivity contribution in [1.29, 1.82) is 0 Å². The number of nitrogens with zero attached hydrogens (tertiary/aromatic N) is 3. The van der Waals surface area contributed by atoms with E-state index in [1.54, 1.807) is 24.1 Å². The fourth-order valence-corrected chi connectivity index (χ4v) is 1.89. The zero-order valence-electron chi connectivity index (χ0n) is 10.6. The van der Waals surface area contributed by atoms with Crippen LogP contribution in [0, 0.1) is 0 Å². The molecule has 5 heteroatoms. The van der Waals surface area contributed by atoms with Gasteiger partial charge in [-0.3, -0.25) is 4.68 Å². The molecule has 0 aliphatic carbocycles. The van der Waals surface area contributed by atoms with Crippen LogP contribution < -0.4 is 4.74 Å². The van der Waals surface area contributed by atoms with Crippen LogP contribution in [-0.4, -0.2) is 27.0 Å². The lowest BCUT2D eigenvalue weighted by molar-refractivity contribution is 0.162. The number of hydrogen-bond acceptors (Lipinski definition) is 4. The van der Waals surface area contributed by atoms with E-state index in [2.05, 4.69) is 10.1 Å². The maximum absolute atomic E-state index is 10.2. The van der Waals surface area contributed by atoms with Gasteiger partial charge < -0.3 is 9.84 Å². The standard InChI is InChI=1S/C13H17N3O2/c1-16-9-10(8-15-16)5-6-12(17)11-4-3-7-14-13(11)18-2/h3-4,7-9,12,17H,5-6H2,1-2H3. The summed E-state index contributed by atoms with van der Waals surface area (Å²) in [7, 11) is 3.43. The Morgan fingerprint density at radius 3 is 3.00 bits per heavy atom. The Morgan fingerprint density at radius 1 is 1.50 bits per heavy atom. The van der Waals surface area contributed by atoms with Crippen LogP contribution in [0.4, 0.5) is 0 Å². The van der Waals surface area contributed by atoms with E-state index in [0.29, 0.717) is 12.3 Å². The van der Waals surface area contributed by atoms with E-state index in [1.165, 1.54) is 0 Å². The fourth-order valence-electron chi connectivity index (χ4n) is 1.89. The molecular formula is C13H17N3O2. The summed E-state index contributed by atoms with van der Waals surface area (Å²) >= 11 is 0. The van der Waals surface area contributed by atoms with Crippen molar-refractivity contribution >= 4 is 0 Å². The Balaban J connectivity index is 2.01. The van der Waals surface area contributed by atoms with Crippen LogP contribution >= 0.6 is 0 Å². The van der Waals surface area contributed by atoms with Gasteiger partial charge in [0.15, 0.2) is 0 Å². The molecule has 0 aromatic carbocycles. The number of aromatic nitrogens is 3. The second-order valence-electron chi connectivity index (χ2n) is 4.18. The minimum atomic E-state index is -0.575. The topological polar surface area (TPSA) is 60.2 Å². The Bertz CT molecular complexity index is 510. The van der Waals surface area contributed by atoms with E-state index in [-0.39, 0.29) is 0 Å². The molecule has 0 saturated carbocycles. The predicted molar refractivity (Wildman–Crippen MR) is 67.3 cm³/mol. The lowest BCUT2D eigenvalue weighted by Crippen LogP contribution is -2.03. The SMILES string of the molecule is COc1ncccc1C(O)CCc1cnn(C)c1. The van der Waals surface area contributed by atoms with Gasteiger partial charge in [0.25, 0.3) is 0 Å². The van der Waals surface area contributed by atoms with Crippen LogP contribution in [0.5, 0.6) is 5.88 Å². The maximum atomic E-state index is 10.2. The van der Waals surface area contributed by atoms with Crippen molar-refractivity contribution in [1.82, 2.24) is 14.8 Å². The lowest BCUT2D eigenvalue weighted by atomic mass is 10.0. The Labute approximate surface area is 106 Å². The number of rotatable bonds is 5. The highest BCUT2D eigenvalue weighted by molar-refractivity contribution is 5.27. The van der Waals surface area contributed by atoms with Gasteiger partial charge >= 0.3 is 0 Å². The van der Waals surface area contributed by atoms with E-state index in [9.17, 15) is 5.11 Å². The first kappa shape index (κ1) is 12.6. The molecule has 0 bridgehead atoms. The molecular weight excluding hydrogens is 230 g/mol. The third-order valence-electron chi connectivity index (χ3n) is 2.82. The average molecular weight is 247 g/mol. The monoisotopic (exact) mass is 247 g/mol. The first-order valence-corrected chi connectivity index (χ1v) is 5.85. The molecule has 0 fully saturated rings. The molecule has 1 unspecified atom stereocenters. The second kappa shape index (κ2) is 5.64. The van der Waals surface area contributed by atoms with E-state index in [1.807, 2.05) is 25.5 Å². The molecule has 2 aromatic rings. The summed E-state index contributed by atoms with van der Waals surface area (Å²) in [5, 5.41) is 14.3. The zero-order valence-corrected chi connectivity index (χ0v) is 10.6. The molecule has 2 heterocycles. The summed E-state index contributed by atoms with van der Waals surface area (Å²) < 4.78 is 6.89. The Kier molecular flexibility index (Phi) is 3.94. The number of aryl methyl sites for hydroxylation is 2. The summed E-state index contributed by atoms with van der Waals surface area (Å²) in [6.45, 7) is 0. The fraction of sp³-hybridized carbons (Fsp3) is 0.385.